The van der Waals surface area contributed by atoms with Crippen LogP contribution < -0.4 is 16.2 Å². The lowest BCUT2D eigenvalue weighted by molar-refractivity contribution is -0.143. The van der Waals surface area contributed by atoms with Gasteiger partial charge >= 0.3 is 24.6 Å². The number of carbonyl (C=O) groups excluding carboxylic acids is 1. The van der Waals surface area contributed by atoms with E-state index < -0.39 is 52.9 Å². The van der Waals surface area contributed by atoms with Crippen LogP contribution in [0.3, 0.4) is 0 Å². The second kappa shape index (κ2) is 7.63. The highest BCUT2D eigenvalue weighted by molar-refractivity contribution is 5.90. The van der Waals surface area contributed by atoms with E-state index in [4.69, 9.17) is 0 Å². The van der Waals surface area contributed by atoms with Crippen LogP contribution in [-0.4, -0.2) is 16.0 Å². The summed E-state index contributed by atoms with van der Waals surface area (Å²) in [5.74, 6) is -0.520. The van der Waals surface area contributed by atoms with E-state index >= 15 is 0 Å². The number of hydrogen-bond donors (Lipinski definition) is 3. The number of anilines is 2. The fourth-order valence-electron chi connectivity index (χ4n) is 1.84. The Labute approximate surface area is 155 Å². The summed E-state index contributed by atoms with van der Waals surface area (Å²) in [4.78, 5) is 18.1. The molecule has 2 aromatic rings. The molecule has 0 atom stereocenters. The van der Waals surface area contributed by atoms with Gasteiger partial charge in [0.25, 0.3) is 0 Å². The predicted octanol–water partition coefficient (Wildman–Crippen LogP) is 4.68. The van der Waals surface area contributed by atoms with Crippen LogP contribution in [0.2, 0.25) is 0 Å². The predicted molar refractivity (Wildman–Crippen MR) is 79.3 cm³/mol. The number of alkyl halides is 9. The number of halogens is 9. The van der Waals surface area contributed by atoms with Gasteiger partial charge in [-0.15, -0.1) is 0 Å². The van der Waals surface area contributed by atoms with E-state index in [1.165, 1.54) is 0 Å². The highest BCUT2D eigenvalue weighted by Crippen LogP contribution is 2.37. The summed E-state index contributed by atoms with van der Waals surface area (Å²) in [6.07, 6.45) is -14.2. The average molecular weight is 433 g/mol. The zero-order valence-electron chi connectivity index (χ0n) is 13.6. The van der Waals surface area contributed by atoms with Crippen molar-refractivity contribution in [2.45, 2.75) is 18.5 Å². The normalized spacial score (nSPS) is 12.4. The molecule has 0 fully saturated rings. The Bertz CT molecular complexity index is 843. The van der Waals surface area contributed by atoms with Crippen molar-refractivity contribution in [3.63, 3.8) is 0 Å². The van der Waals surface area contributed by atoms with Gasteiger partial charge in [0.2, 0.25) is 5.95 Å². The molecule has 1 aromatic carbocycles. The Morgan fingerprint density at radius 1 is 0.724 bits per heavy atom. The van der Waals surface area contributed by atoms with E-state index in [1.54, 1.807) is 10.7 Å². The molecule has 0 bridgehead atoms. The maximum absolute atomic E-state index is 12.8. The standard InChI is InChI=1S/C14H8F9N5O/c15-12(16,17)6-1-7(13(18,19)20)3-9(2-6)26-11(29)28-27-10-24-4-8(5-25-10)14(21,22)23/h1-5H,(H,24,25,27)(H2,26,28,29). The van der Waals surface area contributed by atoms with E-state index in [-0.39, 0.29) is 18.2 Å². The first-order chi connectivity index (χ1) is 13.2. The highest BCUT2D eigenvalue weighted by Gasteiger charge is 2.37. The van der Waals surface area contributed by atoms with Crippen LogP contribution in [0.25, 0.3) is 0 Å². The van der Waals surface area contributed by atoms with Crippen molar-refractivity contribution in [3.05, 3.63) is 47.3 Å². The van der Waals surface area contributed by atoms with Crippen molar-refractivity contribution in [2.24, 2.45) is 0 Å². The zero-order valence-corrected chi connectivity index (χ0v) is 13.6. The van der Waals surface area contributed by atoms with Crippen molar-refractivity contribution >= 4 is 17.7 Å². The van der Waals surface area contributed by atoms with Crippen LogP contribution in [0.5, 0.6) is 0 Å². The summed E-state index contributed by atoms with van der Waals surface area (Å²) in [6, 6.07) is -0.925. The Morgan fingerprint density at radius 2 is 1.17 bits per heavy atom. The number of rotatable bonds is 3. The van der Waals surface area contributed by atoms with Gasteiger partial charge in [-0.3, -0.25) is 5.43 Å². The molecule has 6 nitrogen and oxygen atoms in total. The molecule has 0 saturated heterocycles. The maximum atomic E-state index is 12.8. The summed E-state index contributed by atoms with van der Waals surface area (Å²) in [6.45, 7) is 0. The molecule has 0 spiro atoms. The number of nitrogens with zero attached hydrogens (tertiary/aromatic N) is 2. The van der Waals surface area contributed by atoms with Crippen LogP contribution in [0.4, 0.5) is 55.9 Å². The first kappa shape index (κ1) is 22.0. The SMILES string of the molecule is O=C(NNc1ncc(C(F)(F)F)cn1)Nc1cc(C(F)(F)F)cc(C(F)(F)F)c1. The Kier molecular flexibility index (Phi) is 5.80. The quantitative estimate of drug-likeness (QED) is 0.485. The van der Waals surface area contributed by atoms with Crippen LogP contribution in [-0.2, 0) is 18.5 Å². The largest absolute Gasteiger partial charge is 0.419 e. The minimum absolute atomic E-state index is 0.128. The summed E-state index contributed by atoms with van der Waals surface area (Å²) >= 11 is 0. The number of carbonyl (C=O) groups is 1. The van der Waals surface area contributed by atoms with Gasteiger partial charge in [-0.05, 0) is 18.2 Å². The summed E-state index contributed by atoms with van der Waals surface area (Å²) in [5.41, 5.74) is -1.63. The Morgan fingerprint density at radius 3 is 1.59 bits per heavy atom. The first-order valence-corrected chi connectivity index (χ1v) is 7.18. The van der Waals surface area contributed by atoms with Crippen molar-refractivity contribution in [1.29, 1.82) is 0 Å². The third-order valence-electron chi connectivity index (χ3n) is 3.11. The molecule has 0 unspecified atom stereocenters. The van der Waals surface area contributed by atoms with E-state index in [1.807, 2.05) is 5.43 Å². The fourth-order valence-corrected chi connectivity index (χ4v) is 1.84. The maximum Gasteiger partial charge on any atom is 0.419 e. The van der Waals surface area contributed by atoms with Gasteiger partial charge in [-0.1, -0.05) is 0 Å². The molecule has 0 radical (unpaired) electrons. The lowest BCUT2D eigenvalue weighted by Gasteiger charge is -2.15. The summed E-state index contributed by atoms with van der Waals surface area (Å²) < 4.78 is 114. The molecule has 0 aliphatic heterocycles. The number of nitrogens with one attached hydrogen (secondary N) is 3. The smallest absolute Gasteiger partial charge is 0.307 e. The van der Waals surface area contributed by atoms with E-state index in [0.29, 0.717) is 12.4 Å². The van der Waals surface area contributed by atoms with Crippen molar-refractivity contribution in [2.75, 3.05) is 10.7 Å². The molecule has 3 N–H and O–H groups in total. The van der Waals surface area contributed by atoms with Gasteiger partial charge in [-0.25, -0.2) is 20.2 Å². The Balaban J connectivity index is 2.10. The molecule has 1 heterocycles. The van der Waals surface area contributed by atoms with Crippen LogP contribution >= 0.6 is 0 Å². The van der Waals surface area contributed by atoms with Crippen LogP contribution in [0.15, 0.2) is 30.6 Å². The number of amides is 2. The number of aromatic nitrogens is 2. The highest BCUT2D eigenvalue weighted by atomic mass is 19.4. The molecular formula is C14H8F9N5O. The Hall–Kier alpha value is -3.26. The molecule has 0 saturated carbocycles. The number of hydrazine groups is 1. The molecule has 158 valence electrons. The van der Waals surface area contributed by atoms with Crippen molar-refractivity contribution in [1.82, 2.24) is 15.4 Å². The molecule has 0 aliphatic rings. The van der Waals surface area contributed by atoms with Crippen molar-refractivity contribution < 1.29 is 44.3 Å². The minimum Gasteiger partial charge on any atom is -0.307 e. The third kappa shape index (κ3) is 6.11. The second-order valence-electron chi connectivity index (χ2n) is 5.29. The van der Waals surface area contributed by atoms with Gasteiger partial charge in [0.1, 0.15) is 0 Å². The summed E-state index contributed by atoms with van der Waals surface area (Å²) in [5, 5.41) is 1.72. The van der Waals surface area contributed by atoms with Crippen LogP contribution in [0, 0.1) is 0 Å². The molecule has 0 aliphatic carbocycles. The van der Waals surface area contributed by atoms with E-state index in [0.717, 1.165) is 0 Å². The summed E-state index contributed by atoms with van der Waals surface area (Å²) in [7, 11) is 0. The third-order valence-corrected chi connectivity index (χ3v) is 3.11. The number of hydrogen-bond acceptors (Lipinski definition) is 4. The van der Waals surface area contributed by atoms with Gasteiger partial charge < -0.3 is 5.32 Å². The van der Waals surface area contributed by atoms with Gasteiger partial charge in [0.15, 0.2) is 0 Å². The monoisotopic (exact) mass is 433 g/mol. The molecule has 1 aromatic heterocycles. The van der Waals surface area contributed by atoms with Crippen LogP contribution in [0.1, 0.15) is 16.7 Å². The molecule has 15 heteroatoms. The van der Waals surface area contributed by atoms with Gasteiger partial charge in [0, 0.05) is 18.1 Å². The van der Waals surface area contributed by atoms with E-state index in [9.17, 15) is 44.3 Å². The van der Waals surface area contributed by atoms with Gasteiger partial charge in [-0.2, -0.15) is 39.5 Å². The minimum atomic E-state index is -5.11. The topological polar surface area (TPSA) is 78.9 Å². The number of urea groups is 1. The lowest BCUT2D eigenvalue weighted by Crippen LogP contribution is -2.34. The second-order valence-corrected chi connectivity index (χ2v) is 5.29. The molecular weight excluding hydrogens is 425 g/mol. The zero-order chi connectivity index (χ0) is 22.0. The molecule has 2 amide bonds. The lowest BCUT2D eigenvalue weighted by atomic mass is 10.1. The molecule has 29 heavy (non-hydrogen) atoms. The fraction of sp³-hybridized carbons (Fsp3) is 0.214. The van der Waals surface area contributed by atoms with Crippen molar-refractivity contribution in [3.8, 4) is 0 Å². The van der Waals surface area contributed by atoms with Gasteiger partial charge in [0.05, 0.1) is 16.7 Å². The first-order valence-electron chi connectivity index (χ1n) is 7.18. The van der Waals surface area contributed by atoms with E-state index in [2.05, 4.69) is 9.97 Å². The average Bonchev–Trinajstić information content (AvgIpc) is 2.58. The molecule has 2 rings (SSSR count). The number of benzene rings is 1.